The largest absolute Gasteiger partial charge is 0.491 e. The molecule has 6 atom stereocenters. The van der Waals surface area contributed by atoms with Crippen LogP contribution in [0.3, 0.4) is 0 Å². The minimum Gasteiger partial charge on any atom is -0.491 e. The second-order valence-electron chi connectivity index (χ2n) is 9.73. The first-order valence-electron chi connectivity index (χ1n) is 11.6. The summed E-state index contributed by atoms with van der Waals surface area (Å²) in [4.78, 5) is 41.1. The lowest BCUT2D eigenvalue weighted by atomic mass is 10.0. The van der Waals surface area contributed by atoms with Crippen molar-refractivity contribution >= 4 is 11.8 Å². The quantitative estimate of drug-likeness (QED) is 0.621. The molecule has 2 aromatic rings. The molecule has 196 valence electrons. The Hall–Kier alpha value is -3.48. The van der Waals surface area contributed by atoms with Crippen LogP contribution in [0.1, 0.15) is 45.3 Å². The fourth-order valence-corrected chi connectivity index (χ4v) is 5.99. The first-order chi connectivity index (χ1) is 17.5. The molecule has 8 nitrogen and oxygen atoms in total. The van der Waals surface area contributed by atoms with Crippen LogP contribution in [0.5, 0.6) is 5.75 Å². The number of benzene rings is 1. The van der Waals surface area contributed by atoms with Crippen LogP contribution < -0.4 is 15.5 Å². The number of nitrogens with zero attached hydrogens (tertiary/aromatic N) is 2. The topological polar surface area (TPSA) is 89.9 Å². The summed E-state index contributed by atoms with van der Waals surface area (Å²) in [5.41, 5.74) is -2.98. The number of ether oxygens (including phenoxy) is 2. The molecule has 2 bridgehead atoms. The fourth-order valence-electron chi connectivity index (χ4n) is 5.99. The number of halogens is 5. The molecule has 2 amide bonds. The Morgan fingerprint density at radius 1 is 1.19 bits per heavy atom. The maximum absolute atomic E-state index is 14.2. The number of carbonyl (C=O) groups excluding carboxylic acids is 2. The number of alkyl halides is 3. The first kappa shape index (κ1) is 23.9. The highest BCUT2D eigenvalue weighted by atomic mass is 19.4. The van der Waals surface area contributed by atoms with Crippen LogP contribution >= 0.6 is 0 Å². The molecule has 1 N–H and O–H groups in total. The highest BCUT2D eigenvalue weighted by Gasteiger charge is 2.63. The maximum atomic E-state index is 14.2. The number of aromatic nitrogens is 1. The van der Waals surface area contributed by atoms with Gasteiger partial charge in [0, 0.05) is 23.9 Å². The number of fused-ring (bicyclic) bond motifs is 8. The molecule has 1 saturated heterocycles. The Kier molecular flexibility index (Phi) is 5.17. The molecule has 2 saturated carbocycles. The van der Waals surface area contributed by atoms with E-state index in [-0.39, 0.29) is 30.5 Å². The normalized spacial score (nSPS) is 28.2. The van der Waals surface area contributed by atoms with E-state index < -0.39 is 64.2 Å². The number of hydrogen-bond acceptors (Lipinski definition) is 5. The van der Waals surface area contributed by atoms with Crippen LogP contribution in [-0.4, -0.2) is 52.9 Å². The van der Waals surface area contributed by atoms with E-state index in [2.05, 4.69) is 0 Å². The van der Waals surface area contributed by atoms with Gasteiger partial charge in [-0.1, -0.05) is 6.07 Å². The van der Waals surface area contributed by atoms with Gasteiger partial charge in [0.05, 0.1) is 19.8 Å². The van der Waals surface area contributed by atoms with Crippen LogP contribution in [0.25, 0.3) is 0 Å². The van der Waals surface area contributed by atoms with Gasteiger partial charge in [-0.15, -0.1) is 0 Å². The van der Waals surface area contributed by atoms with E-state index in [1.54, 1.807) is 10.2 Å². The highest BCUT2D eigenvalue weighted by molar-refractivity contribution is 5.99. The van der Waals surface area contributed by atoms with Crippen molar-refractivity contribution in [2.45, 2.75) is 50.0 Å². The van der Waals surface area contributed by atoms with Gasteiger partial charge in [-0.05, 0) is 30.7 Å². The van der Waals surface area contributed by atoms with Gasteiger partial charge in [0.2, 0.25) is 5.43 Å². The fraction of sp³-hybridized carbons (Fsp3) is 0.458. The second-order valence-corrected chi connectivity index (χ2v) is 9.73. The van der Waals surface area contributed by atoms with Crippen molar-refractivity contribution in [1.82, 2.24) is 14.8 Å². The summed E-state index contributed by atoms with van der Waals surface area (Å²) in [5.74, 6) is -4.38. The minimum atomic E-state index is -5.17. The van der Waals surface area contributed by atoms with Gasteiger partial charge in [-0.2, -0.15) is 13.2 Å². The third-order valence-electron chi connectivity index (χ3n) is 7.69. The summed E-state index contributed by atoms with van der Waals surface area (Å²) in [5, 5.41) is 1.63. The van der Waals surface area contributed by atoms with Crippen molar-refractivity contribution < 1.29 is 41.0 Å². The first-order valence-corrected chi connectivity index (χ1v) is 11.6. The molecule has 0 spiro atoms. The molecule has 6 rings (SSSR count). The third kappa shape index (κ3) is 3.62. The summed E-state index contributed by atoms with van der Waals surface area (Å²) in [6.07, 6.45) is -3.17. The SMILES string of the molecule is COc1c2n(cc(C(=O)N[C@@H](c3ccc(F)cc3F)C(F)(F)F)c1=O)C[C@@H]1OC3CC(C4C[C@@H]34)N1C2=O. The van der Waals surface area contributed by atoms with E-state index in [0.29, 0.717) is 30.4 Å². The molecule has 3 heterocycles. The van der Waals surface area contributed by atoms with Gasteiger partial charge < -0.3 is 24.3 Å². The average Bonchev–Trinajstić information content (AvgIpc) is 3.57. The second kappa shape index (κ2) is 8.01. The molecule has 1 aromatic carbocycles. The predicted molar refractivity (Wildman–Crippen MR) is 115 cm³/mol. The number of methoxy groups -OCH3 is 1. The van der Waals surface area contributed by atoms with E-state index in [9.17, 15) is 36.3 Å². The van der Waals surface area contributed by atoms with Crippen molar-refractivity contribution in [3.05, 3.63) is 63.1 Å². The Labute approximate surface area is 205 Å². The molecule has 37 heavy (non-hydrogen) atoms. The molecule has 3 fully saturated rings. The zero-order chi connectivity index (χ0) is 26.4. The molecule has 4 aliphatic rings. The summed E-state index contributed by atoms with van der Waals surface area (Å²) in [7, 11) is 1.11. The van der Waals surface area contributed by atoms with Gasteiger partial charge in [-0.3, -0.25) is 14.4 Å². The van der Waals surface area contributed by atoms with Crippen molar-refractivity contribution in [2.24, 2.45) is 11.8 Å². The van der Waals surface area contributed by atoms with E-state index in [4.69, 9.17) is 9.47 Å². The molecule has 2 aliphatic heterocycles. The minimum absolute atomic E-state index is 0.00722. The van der Waals surface area contributed by atoms with Crippen molar-refractivity contribution in [3.63, 3.8) is 0 Å². The van der Waals surface area contributed by atoms with Gasteiger partial charge in [0.1, 0.15) is 17.2 Å². The predicted octanol–water partition coefficient (Wildman–Crippen LogP) is 2.76. The summed E-state index contributed by atoms with van der Waals surface area (Å²) < 4.78 is 81.3. The van der Waals surface area contributed by atoms with Crippen LogP contribution in [-0.2, 0) is 11.3 Å². The lowest BCUT2D eigenvalue weighted by Gasteiger charge is -2.45. The van der Waals surface area contributed by atoms with E-state index in [0.717, 1.165) is 19.7 Å². The Morgan fingerprint density at radius 3 is 2.62 bits per heavy atom. The number of rotatable bonds is 4. The molecular formula is C24H20F5N3O5. The molecule has 13 heteroatoms. The van der Waals surface area contributed by atoms with E-state index >= 15 is 0 Å². The standard InChI is InChI=1S/C24H20F5N3O5/c1-36-20-18-23(35)32-15-6-16(12-5-11(12)15)37-17(32)8-31(18)7-13(19(20)33)22(34)30-21(24(27,28)29)10-3-2-9(25)4-14(10)26/h2-4,7,11-12,15-17,21H,5-6,8H2,1H3,(H,30,34)/t11?,12-,15?,16?,17+,21+/m1/s1. The lowest BCUT2D eigenvalue weighted by Crippen LogP contribution is -2.58. The Bertz CT molecular complexity index is 1390. The van der Waals surface area contributed by atoms with Gasteiger partial charge in [0.25, 0.3) is 11.8 Å². The maximum Gasteiger partial charge on any atom is 0.412 e. The molecular weight excluding hydrogens is 505 g/mol. The third-order valence-corrected chi connectivity index (χ3v) is 7.69. The highest BCUT2D eigenvalue weighted by Crippen LogP contribution is 2.58. The number of nitrogens with one attached hydrogen (secondary N) is 1. The number of carbonyl (C=O) groups is 2. The van der Waals surface area contributed by atoms with E-state index in [1.165, 1.54) is 4.57 Å². The zero-order valence-electron chi connectivity index (χ0n) is 19.2. The van der Waals surface area contributed by atoms with Crippen molar-refractivity contribution in [2.75, 3.05) is 7.11 Å². The summed E-state index contributed by atoms with van der Waals surface area (Å²) in [6.45, 7) is 0.0414. The van der Waals surface area contributed by atoms with Gasteiger partial charge in [-0.25, -0.2) is 8.78 Å². The van der Waals surface area contributed by atoms with E-state index in [1.807, 2.05) is 0 Å². The van der Waals surface area contributed by atoms with Gasteiger partial charge >= 0.3 is 6.18 Å². The lowest BCUT2D eigenvalue weighted by molar-refractivity contribution is -0.155. The molecule has 1 aromatic heterocycles. The summed E-state index contributed by atoms with van der Waals surface area (Å²) in [6, 6.07) is -1.45. The van der Waals surface area contributed by atoms with Crippen LogP contribution in [0.15, 0.2) is 29.2 Å². The Balaban J connectivity index is 1.37. The average molecular weight is 525 g/mol. The smallest absolute Gasteiger partial charge is 0.412 e. The van der Waals surface area contributed by atoms with Crippen LogP contribution in [0.2, 0.25) is 0 Å². The molecule has 0 radical (unpaired) electrons. The van der Waals surface area contributed by atoms with Crippen molar-refractivity contribution in [3.8, 4) is 5.75 Å². The molecule has 3 unspecified atom stereocenters. The number of hydrogen-bond donors (Lipinski definition) is 1. The van der Waals surface area contributed by atoms with Crippen molar-refractivity contribution in [1.29, 1.82) is 0 Å². The number of amides is 2. The Morgan fingerprint density at radius 2 is 1.95 bits per heavy atom. The van der Waals surface area contributed by atoms with Crippen LogP contribution in [0.4, 0.5) is 22.0 Å². The number of pyridine rings is 1. The van der Waals surface area contributed by atoms with Gasteiger partial charge in [0.15, 0.2) is 23.7 Å². The zero-order valence-corrected chi connectivity index (χ0v) is 19.2. The molecule has 2 aliphatic carbocycles. The monoisotopic (exact) mass is 525 g/mol. The van der Waals surface area contributed by atoms with Crippen LogP contribution in [0, 0.1) is 23.5 Å². The summed E-state index contributed by atoms with van der Waals surface area (Å²) >= 11 is 0.